The highest BCUT2D eigenvalue weighted by Gasteiger charge is 2.56. The van der Waals surface area contributed by atoms with Crippen molar-refractivity contribution in [2.24, 2.45) is 11.8 Å². The summed E-state index contributed by atoms with van der Waals surface area (Å²) < 4.78 is 17.9. The Hall–Kier alpha value is -4.98. The molecular weight excluding hydrogens is 736 g/mol. The Balaban J connectivity index is 1.13. The van der Waals surface area contributed by atoms with Gasteiger partial charge in [-0.15, -0.1) is 11.6 Å². The average molecular weight is 785 g/mol. The predicted octanol–water partition coefficient (Wildman–Crippen LogP) is 4.27. The van der Waals surface area contributed by atoms with Gasteiger partial charge in [-0.2, -0.15) is 0 Å². The van der Waals surface area contributed by atoms with Crippen molar-refractivity contribution >= 4 is 52.2 Å². The third kappa shape index (κ3) is 7.35. The molecule has 1 spiro atoms. The second-order valence-electron chi connectivity index (χ2n) is 14.7. The Labute approximate surface area is 331 Å². The first kappa shape index (κ1) is 39.3. The Bertz CT molecular complexity index is 1930. The zero-order valence-electron chi connectivity index (χ0n) is 31.9. The van der Waals surface area contributed by atoms with E-state index in [4.69, 9.17) is 25.8 Å². The summed E-state index contributed by atoms with van der Waals surface area (Å²) in [5.74, 6) is 0.658. The second-order valence-corrected chi connectivity index (χ2v) is 15.1. The summed E-state index contributed by atoms with van der Waals surface area (Å²) >= 11 is 5.72. The van der Waals surface area contributed by atoms with E-state index in [0.29, 0.717) is 97.8 Å². The first-order valence-corrected chi connectivity index (χ1v) is 19.9. The zero-order valence-corrected chi connectivity index (χ0v) is 32.6. The maximum atomic E-state index is 14.0. The number of nitrogens with zero attached hydrogens (tertiary/aromatic N) is 2. The van der Waals surface area contributed by atoms with Crippen molar-refractivity contribution < 1.29 is 33.4 Å². The summed E-state index contributed by atoms with van der Waals surface area (Å²) in [7, 11) is 3.27. The molecule has 3 aromatic carbocycles. The monoisotopic (exact) mass is 784 g/mol. The number of halogens is 1. The van der Waals surface area contributed by atoms with Gasteiger partial charge in [-0.1, -0.05) is 25.0 Å². The summed E-state index contributed by atoms with van der Waals surface area (Å²) in [5.41, 5.74) is 2.71. The van der Waals surface area contributed by atoms with Crippen LogP contribution in [-0.2, 0) is 24.5 Å². The minimum atomic E-state index is -1.35. The van der Waals surface area contributed by atoms with Crippen LogP contribution in [0.25, 0.3) is 0 Å². The number of ether oxygens (including phenoxy) is 3. The molecule has 4 N–H and O–H groups in total. The summed E-state index contributed by atoms with van der Waals surface area (Å²) in [6.45, 7) is 4.39. The van der Waals surface area contributed by atoms with Gasteiger partial charge in [-0.25, -0.2) is 0 Å². The molecule has 13 nitrogen and oxygen atoms in total. The lowest BCUT2D eigenvalue weighted by molar-refractivity contribution is -0.126. The zero-order chi connectivity index (χ0) is 39.4. The standard InChI is InChI=1S/C42H49ClN6O7/c1-45-39(51)27-22-48(23-27)29-8-11-32-35(20-29)56-36-21-30(49-24-28(25-49)40(52)46-2)9-12-33(36)42(32)34-19-26(7-10-31(34)37(50)38(42)44)41(53)47-14-16-55-18-17-54-15-6-4-3-5-13-43/h7-12,19-21,27-28,44H,3-6,13-18,22-25H2,1-2H3,(H,45,51)(H,46,52)(H,47,53). The lowest BCUT2D eigenvalue weighted by atomic mass is 9.67. The summed E-state index contributed by atoms with van der Waals surface area (Å²) in [6, 6.07) is 16.4. The lowest BCUT2D eigenvalue weighted by Gasteiger charge is -2.43. The number of carbonyl (C=O) groups excluding carboxylic acids is 4. The summed E-state index contributed by atoms with van der Waals surface area (Å²) in [4.78, 5) is 56.2. The summed E-state index contributed by atoms with van der Waals surface area (Å²) in [5, 5.41) is 17.8. The largest absolute Gasteiger partial charge is 0.457 e. The molecule has 3 amide bonds. The van der Waals surface area contributed by atoms with Gasteiger partial charge >= 0.3 is 0 Å². The van der Waals surface area contributed by atoms with Gasteiger partial charge in [-0.3, -0.25) is 24.6 Å². The highest BCUT2D eigenvalue weighted by Crippen LogP contribution is 2.57. The van der Waals surface area contributed by atoms with Gasteiger partial charge in [0.2, 0.25) is 17.6 Å². The number of rotatable bonds is 17. The SMILES string of the molecule is CNC(=O)C1CN(c2ccc3c(c2)Oc2cc(N4CC(C(=O)NC)C4)ccc2C32C(=N)C(=O)c3ccc(C(=O)NCCOCCOCCCCCCCl)cc32)C1. The van der Waals surface area contributed by atoms with Crippen molar-refractivity contribution in [2.45, 2.75) is 31.1 Å². The number of carbonyl (C=O) groups is 4. The van der Waals surface area contributed by atoms with Crippen LogP contribution in [0.5, 0.6) is 11.5 Å². The van der Waals surface area contributed by atoms with Gasteiger partial charge in [0.1, 0.15) is 11.5 Å². The van der Waals surface area contributed by atoms with Crippen LogP contribution in [0.2, 0.25) is 0 Å². The van der Waals surface area contributed by atoms with Crippen molar-refractivity contribution in [1.29, 1.82) is 5.41 Å². The van der Waals surface area contributed by atoms with Crippen LogP contribution in [0.1, 0.15) is 63.1 Å². The smallest absolute Gasteiger partial charge is 0.251 e. The summed E-state index contributed by atoms with van der Waals surface area (Å²) in [6.07, 6.45) is 4.21. The Morgan fingerprint density at radius 2 is 1.34 bits per heavy atom. The fourth-order valence-corrected chi connectivity index (χ4v) is 8.28. The van der Waals surface area contributed by atoms with Gasteiger partial charge in [0.25, 0.3) is 5.91 Å². The van der Waals surface area contributed by atoms with E-state index < -0.39 is 11.2 Å². The van der Waals surface area contributed by atoms with Crippen molar-refractivity contribution in [2.75, 3.05) is 88.9 Å². The van der Waals surface area contributed by atoms with Gasteiger partial charge in [0.15, 0.2) is 0 Å². The molecule has 0 aromatic heterocycles. The number of alkyl halides is 1. The molecule has 3 aliphatic heterocycles. The highest BCUT2D eigenvalue weighted by molar-refractivity contribution is 6.53. The molecule has 296 valence electrons. The highest BCUT2D eigenvalue weighted by atomic mass is 35.5. The van der Waals surface area contributed by atoms with Crippen LogP contribution in [-0.4, -0.2) is 108 Å². The van der Waals surface area contributed by atoms with Gasteiger partial charge in [-0.05, 0) is 48.7 Å². The van der Waals surface area contributed by atoms with Crippen LogP contribution in [0.15, 0.2) is 54.6 Å². The van der Waals surface area contributed by atoms with Crippen LogP contribution in [0.4, 0.5) is 11.4 Å². The van der Waals surface area contributed by atoms with E-state index in [0.717, 1.165) is 37.1 Å². The van der Waals surface area contributed by atoms with Crippen LogP contribution >= 0.6 is 11.6 Å². The van der Waals surface area contributed by atoms with Gasteiger partial charge in [0.05, 0.1) is 42.8 Å². The fourth-order valence-electron chi connectivity index (χ4n) is 8.09. The number of ketones is 1. The predicted molar refractivity (Wildman–Crippen MR) is 214 cm³/mol. The van der Waals surface area contributed by atoms with Crippen LogP contribution in [0, 0.1) is 17.2 Å². The van der Waals surface area contributed by atoms with E-state index in [2.05, 4.69) is 25.8 Å². The topological polar surface area (TPSA) is 162 Å². The van der Waals surface area contributed by atoms with E-state index >= 15 is 0 Å². The van der Waals surface area contributed by atoms with Crippen molar-refractivity contribution in [3.05, 3.63) is 82.4 Å². The second kappa shape index (κ2) is 17.0. The van der Waals surface area contributed by atoms with Crippen LogP contribution in [0.3, 0.4) is 0 Å². The molecule has 1 aliphatic carbocycles. The van der Waals surface area contributed by atoms with E-state index in [1.54, 1.807) is 32.3 Å². The average Bonchev–Trinajstić information content (AvgIpc) is 3.38. The molecule has 2 saturated heterocycles. The molecule has 0 bridgehead atoms. The van der Waals surface area contributed by atoms with E-state index in [1.165, 1.54) is 0 Å². The van der Waals surface area contributed by atoms with Crippen LogP contribution < -0.4 is 30.5 Å². The molecule has 14 heteroatoms. The molecule has 3 aromatic rings. The van der Waals surface area contributed by atoms with Gasteiger partial charge < -0.3 is 40.0 Å². The minimum absolute atomic E-state index is 0.00677. The lowest BCUT2D eigenvalue weighted by Crippen LogP contribution is -2.53. The number of Topliss-reactive ketones (excluding diaryl/α,β-unsaturated/α-hetero) is 1. The molecule has 56 heavy (non-hydrogen) atoms. The molecule has 2 fully saturated rings. The maximum Gasteiger partial charge on any atom is 0.251 e. The molecule has 0 unspecified atom stereocenters. The Morgan fingerprint density at radius 1 is 0.768 bits per heavy atom. The first-order valence-electron chi connectivity index (χ1n) is 19.4. The number of amides is 3. The number of unbranched alkanes of at least 4 members (excludes halogenated alkanes) is 3. The molecule has 7 rings (SSSR count). The Kier molecular flexibility index (Phi) is 11.9. The quantitative estimate of drug-likeness (QED) is 0.116. The van der Waals surface area contributed by atoms with E-state index in [-0.39, 0.29) is 41.8 Å². The van der Waals surface area contributed by atoms with Gasteiger partial charge in [0, 0.05) is 105 Å². The van der Waals surface area contributed by atoms with E-state index in [9.17, 15) is 24.6 Å². The number of fused-ring (bicyclic) bond motifs is 6. The van der Waals surface area contributed by atoms with Crippen molar-refractivity contribution in [3.63, 3.8) is 0 Å². The minimum Gasteiger partial charge on any atom is -0.457 e. The molecule has 0 atom stereocenters. The number of anilines is 2. The molecule has 3 heterocycles. The fraction of sp³-hybridized carbons (Fsp3) is 0.452. The third-order valence-corrected chi connectivity index (χ3v) is 11.6. The number of benzene rings is 3. The van der Waals surface area contributed by atoms with Crippen molar-refractivity contribution in [3.8, 4) is 11.5 Å². The molecule has 0 radical (unpaired) electrons. The number of nitrogens with one attached hydrogen (secondary N) is 4. The number of hydrogen-bond donors (Lipinski definition) is 4. The first-order chi connectivity index (χ1) is 27.2. The Morgan fingerprint density at radius 3 is 1.91 bits per heavy atom. The maximum absolute atomic E-state index is 14.0. The molecule has 0 saturated carbocycles. The molecule has 4 aliphatic rings. The van der Waals surface area contributed by atoms with E-state index in [1.807, 2.05) is 36.4 Å². The van der Waals surface area contributed by atoms with Crippen molar-refractivity contribution in [1.82, 2.24) is 16.0 Å². The normalized spacial score (nSPS) is 16.7. The third-order valence-electron chi connectivity index (χ3n) is 11.3. The molecular formula is C42H49ClN6O7. The number of hydrogen-bond acceptors (Lipinski definition) is 10.